The smallest absolute Gasteiger partial charge is 0.872 e. The van der Waals surface area contributed by atoms with Crippen molar-refractivity contribution in [3.8, 4) is 5.75 Å². The summed E-state index contributed by atoms with van der Waals surface area (Å²) in [6.07, 6.45) is 0. The van der Waals surface area contributed by atoms with E-state index >= 15 is 0 Å². The summed E-state index contributed by atoms with van der Waals surface area (Å²) in [5.41, 5.74) is 0. The minimum Gasteiger partial charge on any atom is -0.872 e. The molecule has 54 valence electrons. The number of hydrogen-bond acceptors (Lipinski definition) is 1. The summed E-state index contributed by atoms with van der Waals surface area (Å²) in [6.45, 7) is 0. The summed E-state index contributed by atoms with van der Waals surface area (Å²) in [5, 5.41) is 13.0. The van der Waals surface area contributed by atoms with Gasteiger partial charge in [0.05, 0.1) is 0 Å². The largest absolute Gasteiger partial charge is 1.00 e. The monoisotopic (exact) mass is 182 g/mol. The molecule has 2 heteroatoms. The number of hydrogen-bond donors (Lipinski definition) is 0. The molecule has 0 radical (unpaired) electrons. The number of benzene rings is 2. The topological polar surface area (TPSA) is 23.1 Å². The molecule has 2 aromatic carbocycles. The van der Waals surface area contributed by atoms with Crippen molar-refractivity contribution in [2.75, 3.05) is 0 Å². The Morgan fingerprint density at radius 3 is 2.25 bits per heavy atom. The van der Waals surface area contributed by atoms with Crippen LogP contribution in [0, 0.1) is 0 Å². The second kappa shape index (κ2) is 4.39. The van der Waals surface area contributed by atoms with Gasteiger partial charge >= 0.3 is 51.4 Å². The predicted molar refractivity (Wildman–Crippen MR) is 43.4 cm³/mol. The first-order chi connectivity index (χ1) is 5.38. The van der Waals surface area contributed by atoms with E-state index in [0.29, 0.717) is 0 Å². The fraction of sp³-hybridized carbons (Fsp3) is 0. The zero-order valence-corrected chi connectivity index (χ0v) is 10.1. The third-order valence-corrected chi connectivity index (χ3v) is 1.75. The van der Waals surface area contributed by atoms with Crippen LogP contribution in [0.25, 0.3) is 10.8 Å². The molecule has 0 aliphatic carbocycles. The Kier molecular flexibility index (Phi) is 3.74. The number of fused-ring (bicyclic) bond motifs is 1. The van der Waals surface area contributed by atoms with Crippen molar-refractivity contribution in [3.05, 3.63) is 42.5 Å². The van der Waals surface area contributed by atoms with E-state index in [2.05, 4.69) is 0 Å². The van der Waals surface area contributed by atoms with Gasteiger partial charge in [0.1, 0.15) is 0 Å². The van der Waals surface area contributed by atoms with Crippen LogP contribution in [0.3, 0.4) is 0 Å². The molecule has 0 aromatic heterocycles. The van der Waals surface area contributed by atoms with Gasteiger partial charge in [0, 0.05) is 0 Å². The summed E-state index contributed by atoms with van der Waals surface area (Å²) in [4.78, 5) is 0. The van der Waals surface area contributed by atoms with Gasteiger partial charge in [-0.2, -0.15) is 0 Å². The first-order valence-corrected chi connectivity index (χ1v) is 3.53. The Balaban J connectivity index is 0.000000720. The molecule has 0 amide bonds. The van der Waals surface area contributed by atoms with E-state index in [9.17, 15) is 5.11 Å². The van der Waals surface area contributed by atoms with Gasteiger partial charge in [0.25, 0.3) is 0 Å². The van der Waals surface area contributed by atoms with E-state index in [1.165, 1.54) is 0 Å². The molecule has 0 bridgehead atoms. The molecule has 0 saturated carbocycles. The molecule has 2 aromatic rings. The zero-order chi connectivity index (χ0) is 7.68. The normalized spacial score (nSPS) is 9.33. The average molecular weight is 182 g/mol. The Morgan fingerprint density at radius 2 is 1.50 bits per heavy atom. The molecule has 0 saturated heterocycles. The summed E-state index contributed by atoms with van der Waals surface area (Å²) < 4.78 is 0. The number of rotatable bonds is 0. The van der Waals surface area contributed by atoms with Crippen LogP contribution in [-0.2, 0) is 0 Å². The van der Waals surface area contributed by atoms with E-state index in [1.807, 2.05) is 30.3 Å². The van der Waals surface area contributed by atoms with Crippen LogP contribution in [0.1, 0.15) is 0 Å². The Hall–Kier alpha value is 0.136. The fourth-order valence-electron chi connectivity index (χ4n) is 1.20. The standard InChI is InChI=1S/C10H8O.K/c11-10-7-3-5-8-4-1-2-6-9(8)10;/h1-7,11H;/q;+1/p-1. The molecule has 0 atom stereocenters. The van der Waals surface area contributed by atoms with Crippen LogP contribution in [0.5, 0.6) is 5.75 Å². The van der Waals surface area contributed by atoms with E-state index in [0.717, 1.165) is 10.8 Å². The molecule has 0 N–H and O–H groups in total. The van der Waals surface area contributed by atoms with Gasteiger partial charge < -0.3 is 5.11 Å². The quantitative estimate of drug-likeness (QED) is 0.475. The van der Waals surface area contributed by atoms with Crippen LogP contribution < -0.4 is 56.5 Å². The minimum absolute atomic E-state index is 0. The molecule has 0 aliphatic heterocycles. The van der Waals surface area contributed by atoms with Crippen LogP contribution in [0.4, 0.5) is 0 Å². The Bertz CT molecular complexity index is 379. The van der Waals surface area contributed by atoms with Gasteiger partial charge in [-0.05, 0) is 10.8 Å². The van der Waals surface area contributed by atoms with Gasteiger partial charge in [0.2, 0.25) is 0 Å². The fourth-order valence-corrected chi connectivity index (χ4v) is 1.20. The van der Waals surface area contributed by atoms with Gasteiger partial charge in [-0.1, -0.05) is 42.5 Å². The van der Waals surface area contributed by atoms with E-state index in [4.69, 9.17) is 0 Å². The van der Waals surface area contributed by atoms with Gasteiger partial charge in [0.15, 0.2) is 0 Å². The van der Waals surface area contributed by atoms with Crippen molar-refractivity contribution in [2.45, 2.75) is 0 Å². The summed E-state index contributed by atoms with van der Waals surface area (Å²) in [6, 6.07) is 12.9. The van der Waals surface area contributed by atoms with Crippen LogP contribution in [0.15, 0.2) is 42.5 Å². The first kappa shape index (κ1) is 10.2. The Labute approximate surface area is 114 Å². The van der Waals surface area contributed by atoms with E-state index in [-0.39, 0.29) is 57.1 Å². The summed E-state index contributed by atoms with van der Waals surface area (Å²) in [7, 11) is 0. The van der Waals surface area contributed by atoms with E-state index < -0.39 is 0 Å². The second-order valence-electron chi connectivity index (χ2n) is 2.48. The maximum atomic E-state index is 11.2. The molecule has 0 unspecified atom stereocenters. The zero-order valence-electron chi connectivity index (χ0n) is 6.95. The van der Waals surface area contributed by atoms with Crippen molar-refractivity contribution in [3.63, 3.8) is 0 Å². The molecule has 0 heterocycles. The van der Waals surface area contributed by atoms with E-state index in [1.54, 1.807) is 12.1 Å². The molecule has 1 nitrogen and oxygen atoms in total. The van der Waals surface area contributed by atoms with Crippen molar-refractivity contribution in [1.29, 1.82) is 0 Å². The second-order valence-corrected chi connectivity index (χ2v) is 2.48. The van der Waals surface area contributed by atoms with Crippen molar-refractivity contribution >= 4 is 10.8 Å². The molecule has 0 fully saturated rings. The van der Waals surface area contributed by atoms with Crippen LogP contribution in [0.2, 0.25) is 0 Å². The molecule has 2 rings (SSSR count). The van der Waals surface area contributed by atoms with Crippen molar-refractivity contribution < 1.29 is 56.5 Å². The van der Waals surface area contributed by atoms with Gasteiger partial charge in [-0.15, -0.1) is 5.75 Å². The molecule has 12 heavy (non-hydrogen) atoms. The molecule has 0 spiro atoms. The predicted octanol–water partition coefficient (Wildman–Crippen LogP) is -1.08. The Morgan fingerprint density at radius 1 is 0.833 bits per heavy atom. The van der Waals surface area contributed by atoms with Crippen LogP contribution in [-0.4, -0.2) is 0 Å². The summed E-state index contributed by atoms with van der Waals surface area (Å²) in [5.74, 6) is 0.100. The maximum Gasteiger partial charge on any atom is 1.00 e. The van der Waals surface area contributed by atoms with Gasteiger partial charge in [-0.25, -0.2) is 0 Å². The SMILES string of the molecule is [K+].[O-]c1cccc2ccccc12. The van der Waals surface area contributed by atoms with Gasteiger partial charge in [-0.3, -0.25) is 0 Å². The third-order valence-electron chi connectivity index (χ3n) is 1.75. The molecular weight excluding hydrogens is 175 g/mol. The minimum atomic E-state index is 0. The van der Waals surface area contributed by atoms with Crippen LogP contribution >= 0.6 is 0 Å². The van der Waals surface area contributed by atoms with Crippen molar-refractivity contribution in [1.82, 2.24) is 0 Å². The molecule has 0 aliphatic rings. The maximum absolute atomic E-state index is 11.2. The average Bonchev–Trinajstić information content (AvgIpc) is 2.06. The summed E-state index contributed by atoms with van der Waals surface area (Å²) >= 11 is 0. The molecular formula is C10H7KO. The third kappa shape index (κ3) is 1.89. The first-order valence-electron chi connectivity index (χ1n) is 3.53. The van der Waals surface area contributed by atoms with Crippen molar-refractivity contribution in [2.24, 2.45) is 0 Å².